The average Bonchev–Trinajstić information content (AvgIpc) is 2.34. The highest BCUT2D eigenvalue weighted by Gasteiger charge is 2.10. The Morgan fingerprint density at radius 3 is 2.78 bits per heavy atom. The Bertz CT molecular complexity index is 636. The lowest BCUT2D eigenvalue weighted by molar-refractivity contribution is 0.102. The lowest BCUT2D eigenvalue weighted by atomic mass is 10.3. The van der Waals surface area contributed by atoms with Gasteiger partial charge in [-0.3, -0.25) is 9.59 Å². The van der Waals surface area contributed by atoms with Gasteiger partial charge in [-0.2, -0.15) is 5.10 Å². The fourth-order valence-electron chi connectivity index (χ4n) is 1.25. The zero-order valence-electron chi connectivity index (χ0n) is 8.91. The van der Waals surface area contributed by atoms with E-state index in [-0.39, 0.29) is 11.4 Å². The molecule has 0 unspecified atom stereocenters. The van der Waals surface area contributed by atoms with Crippen LogP contribution in [-0.2, 0) is 0 Å². The second-order valence-electron chi connectivity index (χ2n) is 3.38. The first-order valence-electron chi connectivity index (χ1n) is 4.88. The standard InChI is InChI=1S/C11H7BrFN3O2/c12-7-2-1-6(13)5-9(7)14-11(18)8-3-4-10(17)16-15-8/h1-5H,(H,14,18)(H,16,17). The van der Waals surface area contributed by atoms with Crippen molar-refractivity contribution in [2.45, 2.75) is 0 Å². The Balaban J connectivity index is 2.23. The van der Waals surface area contributed by atoms with E-state index in [1.54, 1.807) is 0 Å². The summed E-state index contributed by atoms with van der Waals surface area (Å²) in [6.07, 6.45) is 0. The number of hydrogen-bond acceptors (Lipinski definition) is 3. The number of anilines is 1. The van der Waals surface area contributed by atoms with E-state index >= 15 is 0 Å². The minimum Gasteiger partial charge on any atom is -0.319 e. The molecule has 0 atom stereocenters. The van der Waals surface area contributed by atoms with Crippen LogP contribution in [0.2, 0.25) is 0 Å². The molecule has 1 amide bonds. The maximum absolute atomic E-state index is 13.0. The van der Waals surface area contributed by atoms with Crippen LogP contribution in [-0.4, -0.2) is 16.1 Å². The number of benzene rings is 1. The van der Waals surface area contributed by atoms with Gasteiger partial charge in [0, 0.05) is 10.5 Å². The maximum atomic E-state index is 13.0. The normalized spacial score (nSPS) is 10.1. The van der Waals surface area contributed by atoms with Gasteiger partial charge < -0.3 is 5.32 Å². The highest BCUT2D eigenvalue weighted by molar-refractivity contribution is 9.10. The number of halogens is 2. The van der Waals surface area contributed by atoms with Crippen molar-refractivity contribution in [3.63, 3.8) is 0 Å². The van der Waals surface area contributed by atoms with Crippen LogP contribution in [0.25, 0.3) is 0 Å². The molecule has 2 rings (SSSR count). The third-order valence-corrected chi connectivity index (χ3v) is 2.78. The molecule has 18 heavy (non-hydrogen) atoms. The van der Waals surface area contributed by atoms with Crippen molar-refractivity contribution in [2.24, 2.45) is 0 Å². The second kappa shape index (κ2) is 5.09. The number of nitrogens with one attached hydrogen (secondary N) is 2. The number of amides is 1. The Kier molecular flexibility index (Phi) is 3.52. The molecular formula is C11H7BrFN3O2. The number of aromatic nitrogens is 2. The Hall–Kier alpha value is -2.02. The Morgan fingerprint density at radius 1 is 1.33 bits per heavy atom. The summed E-state index contributed by atoms with van der Waals surface area (Å²) in [5, 5.41) is 8.18. The summed E-state index contributed by atoms with van der Waals surface area (Å²) in [6, 6.07) is 6.38. The maximum Gasteiger partial charge on any atom is 0.276 e. The van der Waals surface area contributed by atoms with Crippen LogP contribution in [0.4, 0.5) is 10.1 Å². The first-order valence-corrected chi connectivity index (χ1v) is 5.68. The van der Waals surface area contributed by atoms with Crippen LogP contribution in [0.1, 0.15) is 10.5 Å². The van der Waals surface area contributed by atoms with E-state index in [0.29, 0.717) is 4.47 Å². The number of nitrogens with zero attached hydrogens (tertiary/aromatic N) is 1. The van der Waals surface area contributed by atoms with Crippen molar-refractivity contribution in [1.29, 1.82) is 0 Å². The summed E-state index contributed by atoms with van der Waals surface area (Å²) in [5.74, 6) is -1.01. The molecule has 2 N–H and O–H groups in total. The van der Waals surface area contributed by atoms with Gasteiger partial charge in [-0.15, -0.1) is 0 Å². The molecule has 0 fully saturated rings. The molecule has 0 bridgehead atoms. The van der Waals surface area contributed by atoms with Gasteiger partial charge in [0.25, 0.3) is 11.5 Å². The minimum absolute atomic E-state index is 0.0331. The molecule has 0 aliphatic carbocycles. The molecule has 0 aliphatic rings. The number of rotatable bonds is 2. The van der Waals surface area contributed by atoms with E-state index in [2.05, 4.69) is 31.4 Å². The molecule has 5 nitrogen and oxygen atoms in total. The van der Waals surface area contributed by atoms with Crippen molar-refractivity contribution < 1.29 is 9.18 Å². The molecule has 92 valence electrons. The van der Waals surface area contributed by atoms with Gasteiger partial charge in [0.2, 0.25) is 0 Å². The lowest BCUT2D eigenvalue weighted by Crippen LogP contribution is -2.17. The average molecular weight is 312 g/mol. The number of carbonyl (C=O) groups is 1. The van der Waals surface area contributed by atoms with Crippen molar-refractivity contribution in [3.05, 3.63) is 56.7 Å². The number of hydrogen-bond donors (Lipinski definition) is 2. The monoisotopic (exact) mass is 311 g/mol. The van der Waals surface area contributed by atoms with Gasteiger partial charge in [0.05, 0.1) is 5.69 Å². The zero-order chi connectivity index (χ0) is 13.1. The van der Waals surface area contributed by atoms with Gasteiger partial charge in [0.15, 0.2) is 0 Å². The van der Waals surface area contributed by atoms with Crippen LogP contribution >= 0.6 is 15.9 Å². The van der Waals surface area contributed by atoms with E-state index in [9.17, 15) is 14.0 Å². The SMILES string of the molecule is O=C(Nc1cc(F)ccc1Br)c1ccc(=O)[nH]n1. The third-order valence-electron chi connectivity index (χ3n) is 2.09. The topological polar surface area (TPSA) is 74.8 Å². The Labute approximate surface area is 109 Å². The van der Waals surface area contributed by atoms with Gasteiger partial charge in [-0.25, -0.2) is 9.49 Å². The fourth-order valence-corrected chi connectivity index (χ4v) is 1.60. The van der Waals surface area contributed by atoms with Gasteiger partial charge >= 0.3 is 0 Å². The van der Waals surface area contributed by atoms with Crippen LogP contribution in [0.5, 0.6) is 0 Å². The van der Waals surface area contributed by atoms with E-state index in [0.717, 1.165) is 0 Å². The van der Waals surface area contributed by atoms with Gasteiger partial charge in [-0.1, -0.05) is 0 Å². The predicted octanol–water partition coefficient (Wildman–Crippen LogP) is 1.92. The summed E-state index contributed by atoms with van der Waals surface area (Å²) in [4.78, 5) is 22.5. The largest absolute Gasteiger partial charge is 0.319 e. The van der Waals surface area contributed by atoms with Crippen molar-refractivity contribution >= 4 is 27.5 Å². The van der Waals surface area contributed by atoms with Crippen LogP contribution in [0.3, 0.4) is 0 Å². The molecule has 1 aromatic carbocycles. The number of H-pyrrole nitrogens is 1. The van der Waals surface area contributed by atoms with Gasteiger partial charge in [-0.05, 0) is 40.2 Å². The van der Waals surface area contributed by atoms with Crippen molar-refractivity contribution in [2.75, 3.05) is 5.32 Å². The summed E-state index contributed by atoms with van der Waals surface area (Å²) < 4.78 is 13.6. The molecule has 7 heteroatoms. The van der Waals surface area contributed by atoms with Crippen LogP contribution < -0.4 is 10.9 Å². The third kappa shape index (κ3) is 2.80. The smallest absolute Gasteiger partial charge is 0.276 e. The summed E-state index contributed by atoms with van der Waals surface area (Å²) in [5.41, 5.74) is -0.0859. The Morgan fingerprint density at radius 2 is 2.11 bits per heavy atom. The van der Waals surface area contributed by atoms with E-state index in [4.69, 9.17) is 0 Å². The molecule has 0 aliphatic heterocycles. The van der Waals surface area contributed by atoms with Crippen molar-refractivity contribution in [3.8, 4) is 0 Å². The lowest BCUT2D eigenvalue weighted by Gasteiger charge is -2.06. The van der Waals surface area contributed by atoms with Crippen LogP contribution in [0, 0.1) is 5.82 Å². The molecule has 0 saturated carbocycles. The highest BCUT2D eigenvalue weighted by Crippen LogP contribution is 2.23. The fraction of sp³-hybridized carbons (Fsp3) is 0. The summed E-state index contributed by atoms with van der Waals surface area (Å²) >= 11 is 3.18. The number of carbonyl (C=O) groups excluding carboxylic acids is 1. The molecule has 0 spiro atoms. The quantitative estimate of drug-likeness (QED) is 0.890. The van der Waals surface area contributed by atoms with Gasteiger partial charge in [0.1, 0.15) is 11.5 Å². The molecule has 1 heterocycles. The van der Waals surface area contributed by atoms with Crippen molar-refractivity contribution in [1.82, 2.24) is 10.2 Å². The first kappa shape index (κ1) is 12.4. The molecular weight excluding hydrogens is 305 g/mol. The molecule has 2 aromatic rings. The van der Waals surface area contributed by atoms with E-state index < -0.39 is 17.3 Å². The first-order chi connectivity index (χ1) is 8.56. The molecule has 0 radical (unpaired) electrons. The molecule has 0 saturated heterocycles. The zero-order valence-corrected chi connectivity index (χ0v) is 10.5. The predicted molar refractivity (Wildman–Crippen MR) is 66.9 cm³/mol. The summed E-state index contributed by atoms with van der Waals surface area (Å²) in [7, 11) is 0. The minimum atomic E-state index is -0.544. The van der Waals surface area contributed by atoms with Crippen LogP contribution in [0.15, 0.2) is 39.6 Å². The molecule has 1 aromatic heterocycles. The van der Waals surface area contributed by atoms with E-state index in [1.165, 1.54) is 30.3 Å². The highest BCUT2D eigenvalue weighted by atomic mass is 79.9. The summed E-state index contributed by atoms with van der Waals surface area (Å²) in [6.45, 7) is 0. The van der Waals surface area contributed by atoms with E-state index in [1.807, 2.05) is 0 Å². The second-order valence-corrected chi connectivity index (χ2v) is 4.24. The number of aromatic amines is 1.